The van der Waals surface area contributed by atoms with E-state index in [1.54, 1.807) is 18.5 Å². The van der Waals surface area contributed by atoms with Crippen LogP contribution in [0.2, 0.25) is 0 Å². The molecular formula is C18H21F3N6O2. The molecule has 0 radical (unpaired) electrons. The van der Waals surface area contributed by atoms with Gasteiger partial charge >= 0.3 is 6.18 Å². The van der Waals surface area contributed by atoms with Crippen molar-refractivity contribution in [2.24, 2.45) is 0 Å². The van der Waals surface area contributed by atoms with E-state index in [1.807, 2.05) is 0 Å². The van der Waals surface area contributed by atoms with Crippen LogP contribution >= 0.6 is 0 Å². The Kier molecular flexibility index (Phi) is 6.47. The van der Waals surface area contributed by atoms with Crippen molar-refractivity contribution < 1.29 is 18.1 Å². The minimum Gasteiger partial charge on any atom is -0.379 e. The number of aromatic nitrogens is 2. The summed E-state index contributed by atoms with van der Waals surface area (Å²) in [5, 5.41) is 14.0. The summed E-state index contributed by atoms with van der Waals surface area (Å²) in [5.41, 5.74) is -1.51. The van der Waals surface area contributed by atoms with Gasteiger partial charge in [-0.25, -0.2) is 9.97 Å². The molecule has 1 saturated heterocycles. The molecule has 2 aromatic rings. The molecule has 11 heteroatoms. The Hall–Kier alpha value is -2.95. The molecule has 1 aliphatic heterocycles. The molecule has 156 valence electrons. The van der Waals surface area contributed by atoms with E-state index < -0.39 is 22.4 Å². The lowest BCUT2D eigenvalue weighted by Crippen LogP contribution is -2.47. The number of rotatable bonds is 7. The van der Waals surface area contributed by atoms with Crippen LogP contribution in [0.15, 0.2) is 36.7 Å². The quantitative estimate of drug-likeness (QED) is 0.426. The van der Waals surface area contributed by atoms with E-state index >= 15 is 0 Å². The predicted molar refractivity (Wildman–Crippen MR) is 102 cm³/mol. The Labute approximate surface area is 165 Å². The Morgan fingerprint density at radius 2 is 1.83 bits per heavy atom. The highest BCUT2D eigenvalue weighted by Crippen LogP contribution is 2.34. The van der Waals surface area contributed by atoms with Gasteiger partial charge in [0.2, 0.25) is 5.95 Å². The Morgan fingerprint density at radius 3 is 2.45 bits per heavy atom. The van der Waals surface area contributed by atoms with E-state index in [2.05, 4.69) is 25.1 Å². The van der Waals surface area contributed by atoms with Gasteiger partial charge in [0.1, 0.15) is 5.69 Å². The van der Waals surface area contributed by atoms with Crippen molar-refractivity contribution in [3.63, 3.8) is 0 Å². The van der Waals surface area contributed by atoms with Gasteiger partial charge in [-0.05, 0) is 31.2 Å². The van der Waals surface area contributed by atoms with Gasteiger partial charge in [0, 0.05) is 51.2 Å². The summed E-state index contributed by atoms with van der Waals surface area (Å²) in [4.78, 5) is 23.2. The Morgan fingerprint density at radius 1 is 1.14 bits per heavy atom. The summed E-state index contributed by atoms with van der Waals surface area (Å²) in [6.07, 6.45) is -0.488. The van der Waals surface area contributed by atoms with E-state index in [-0.39, 0.29) is 5.69 Å². The van der Waals surface area contributed by atoms with E-state index in [9.17, 15) is 23.3 Å². The normalized spacial score (nSPS) is 15.3. The highest BCUT2D eigenvalue weighted by atomic mass is 19.4. The van der Waals surface area contributed by atoms with Gasteiger partial charge in [-0.2, -0.15) is 13.2 Å². The zero-order chi connectivity index (χ0) is 20.9. The number of hydrogen-bond donors (Lipinski definition) is 1. The summed E-state index contributed by atoms with van der Waals surface area (Å²) < 4.78 is 38.3. The fourth-order valence-electron chi connectivity index (χ4n) is 3.16. The van der Waals surface area contributed by atoms with Gasteiger partial charge in [0.25, 0.3) is 5.69 Å². The second kappa shape index (κ2) is 9.03. The fourth-order valence-corrected chi connectivity index (χ4v) is 3.16. The van der Waals surface area contributed by atoms with Crippen molar-refractivity contribution in [2.75, 3.05) is 49.5 Å². The monoisotopic (exact) mass is 410 g/mol. The Balaban J connectivity index is 1.46. The zero-order valence-electron chi connectivity index (χ0n) is 15.6. The van der Waals surface area contributed by atoms with Gasteiger partial charge in [0.05, 0.1) is 10.5 Å². The van der Waals surface area contributed by atoms with Crippen molar-refractivity contribution in [1.29, 1.82) is 0 Å². The summed E-state index contributed by atoms with van der Waals surface area (Å²) in [6.45, 7) is 4.51. The average molecular weight is 410 g/mol. The van der Waals surface area contributed by atoms with Gasteiger partial charge in [-0.1, -0.05) is 0 Å². The van der Waals surface area contributed by atoms with E-state index in [4.69, 9.17) is 0 Å². The van der Waals surface area contributed by atoms with Crippen LogP contribution in [-0.2, 0) is 6.18 Å². The standard InChI is InChI=1S/C18H21F3N6O2/c19-18(20,21)14-3-4-15(16(13-14)27(28)29)22-7-2-8-25-9-11-26(12-10-25)17-23-5-1-6-24-17/h1,3-6,13,22H,2,7-12H2. The van der Waals surface area contributed by atoms with E-state index in [0.717, 1.165) is 44.9 Å². The van der Waals surface area contributed by atoms with Crippen molar-refractivity contribution in [1.82, 2.24) is 14.9 Å². The summed E-state index contributed by atoms with van der Waals surface area (Å²) >= 11 is 0. The van der Waals surface area contributed by atoms with Crippen LogP contribution in [0.25, 0.3) is 0 Å². The number of hydrogen-bond acceptors (Lipinski definition) is 7. The summed E-state index contributed by atoms with van der Waals surface area (Å²) in [6, 6.07) is 4.29. The number of nitro benzene ring substituents is 1. The summed E-state index contributed by atoms with van der Waals surface area (Å²) in [5.74, 6) is 0.712. The van der Waals surface area contributed by atoms with E-state index in [0.29, 0.717) is 25.0 Å². The minimum atomic E-state index is -4.61. The molecule has 0 saturated carbocycles. The molecule has 0 bridgehead atoms. The van der Waals surface area contributed by atoms with Crippen molar-refractivity contribution in [2.45, 2.75) is 12.6 Å². The molecule has 0 aliphatic carbocycles. The van der Waals surface area contributed by atoms with Crippen LogP contribution in [0, 0.1) is 10.1 Å². The number of piperazine rings is 1. The second-order valence-electron chi connectivity index (χ2n) is 6.64. The molecule has 29 heavy (non-hydrogen) atoms. The van der Waals surface area contributed by atoms with Crippen LogP contribution in [0.1, 0.15) is 12.0 Å². The lowest BCUT2D eigenvalue weighted by molar-refractivity contribution is -0.384. The van der Waals surface area contributed by atoms with Crippen molar-refractivity contribution in [3.8, 4) is 0 Å². The molecule has 1 N–H and O–H groups in total. The van der Waals surface area contributed by atoms with Gasteiger partial charge in [0.15, 0.2) is 0 Å². The third-order valence-electron chi connectivity index (χ3n) is 4.70. The molecule has 8 nitrogen and oxygen atoms in total. The maximum Gasteiger partial charge on any atom is 0.416 e. The SMILES string of the molecule is O=[N+]([O-])c1cc(C(F)(F)F)ccc1NCCCN1CCN(c2ncccn2)CC1. The molecule has 1 aromatic heterocycles. The average Bonchev–Trinajstić information content (AvgIpc) is 2.71. The molecule has 1 aliphatic rings. The van der Waals surface area contributed by atoms with Crippen LogP contribution in [-0.4, -0.2) is 59.1 Å². The van der Waals surface area contributed by atoms with Crippen LogP contribution in [0.3, 0.4) is 0 Å². The molecule has 1 fully saturated rings. The maximum absolute atomic E-state index is 12.8. The first-order valence-electron chi connectivity index (χ1n) is 9.18. The number of halogens is 3. The first kappa shape index (κ1) is 20.8. The fraction of sp³-hybridized carbons (Fsp3) is 0.444. The number of nitro groups is 1. The Bertz CT molecular complexity index is 826. The molecule has 0 atom stereocenters. The lowest BCUT2D eigenvalue weighted by atomic mass is 10.1. The molecular weight excluding hydrogens is 389 g/mol. The topological polar surface area (TPSA) is 87.4 Å². The van der Waals surface area contributed by atoms with Crippen molar-refractivity contribution in [3.05, 3.63) is 52.3 Å². The molecule has 1 aromatic carbocycles. The van der Waals surface area contributed by atoms with Gasteiger partial charge < -0.3 is 10.2 Å². The molecule has 0 unspecified atom stereocenters. The van der Waals surface area contributed by atoms with Crippen LogP contribution in [0.4, 0.5) is 30.5 Å². The first-order valence-corrected chi connectivity index (χ1v) is 9.18. The third-order valence-corrected chi connectivity index (χ3v) is 4.70. The van der Waals surface area contributed by atoms with Gasteiger partial charge in [-0.3, -0.25) is 15.0 Å². The largest absolute Gasteiger partial charge is 0.416 e. The molecule has 2 heterocycles. The molecule has 3 rings (SSSR count). The number of anilines is 2. The second-order valence-corrected chi connectivity index (χ2v) is 6.64. The number of benzene rings is 1. The maximum atomic E-state index is 12.8. The predicted octanol–water partition coefficient (Wildman–Crippen LogP) is 3.03. The number of nitrogens with one attached hydrogen (secondary N) is 1. The third kappa shape index (κ3) is 5.53. The van der Waals surface area contributed by atoms with Crippen LogP contribution < -0.4 is 10.2 Å². The number of nitrogens with zero attached hydrogens (tertiary/aromatic N) is 5. The number of alkyl halides is 3. The highest BCUT2D eigenvalue weighted by molar-refractivity contribution is 5.62. The van der Waals surface area contributed by atoms with Gasteiger partial charge in [-0.15, -0.1) is 0 Å². The molecule has 0 amide bonds. The molecule has 0 spiro atoms. The summed E-state index contributed by atoms with van der Waals surface area (Å²) in [7, 11) is 0. The van der Waals surface area contributed by atoms with Crippen molar-refractivity contribution >= 4 is 17.3 Å². The smallest absolute Gasteiger partial charge is 0.379 e. The van der Waals surface area contributed by atoms with E-state index in [1.165, 1.54) is 0 Å². The zero-order valence-corrected chi connectivity index (χ0v) is 15.6. The highest BCUT2D eigenvalue weighted by Gasteiger charge is 2.33. The minimum absolute atomic E-state index is 0.0917. The lowest BCUT2D eigenvalue weighted by Gasteiger charge is -2.34. The first-order chi connectivity index (χ1) is 13.8. The van der Waals surface area contributed by atoms with Crippen LogP contribution in [0.5, 0.6) is 0 Å².